The van der Waals surface area contributed by atoms with Gasteiger partial charge in [0.15, 0.2) is 0 Å². The molecule has 0 atom stereocenters. The summed E-state index contributed by atoms with van der Waals surface area (Å²) in [6.45, 7) is 5.95. The maximum absolute atomic E-state index is 10.5. The summed E-state index contributed by atoms with van der Waals surface area (Å²) < 4.78 is 28.5. The maximum atomic E-state index is 10.5. The van der Waals surface area contributed by atoms with Crippen molar-refractivity contribution in [1.29, 1.82) is 0 Å². The van der Waals surface area contributed by atoms with Gasteiger partial charge in [-0.1, -0.05) is 60.5 Å². The van der Waals surface area contributed by atoms with E-state index in [1.807, 2.05) is 0 Å². The third-order valence-corrected chi connectivity index (χ3v) is 3.04. The van der Waals surface area contributed by atoms with E-state index < -0.39 is 10.4 Å². The second-order valence-corrected chi connectivity index (χ2v) is 5.64. The van der Waals surface area contributed by atoms with Gasteiger partial charge in [-0.3, -0.25) is 0 Å². The van der Waals surface area contributed by atoms with Crippen molar-refractivity contribution >= 4 is 40.0 Å². The van der Waals surface area contributed by atoms with Crippen LogP contribution in [0.1, 0.15) is 72.1 Å². The molecule has 0 aromatic carbocycles. The molecule has 0 unspecified atom stereocenters. The third kappa shape index (κ3) is 27.9. The Kier molecular flexibility index (Phi) is 28.2. The Morgan fingerprint density at radius 2 is 1.13 bits per heavy atom. The molecule has 0 radical (unpaired) electrons. The van der Waals surface area contributed by atoms with Gasteiger partial charge in [0.1, 0.15) is 0 Å². The van der Waals surface area contributed by atoms with Crippen LogP contribution in [0, 0.1) is 0 Å². The molecule has 138 valence electrons. The monoisotopic (exact) mass is 368 g/mol. The van der Waals surface area contributed by atoms with Crippen molar-refractivity contribution in [3.8, 4) is 0 Å². The summed E-state index contributed by atoms with van der Waals surface area (Å²) >= 11 is 0. The van der Waals surface area contributed by atoms with E-state index in [1.54, 1.807) is 13.8 Å². The average Bonchev–Trinajstić information content (AvgIpc) is 2.51. The van der Waals surface area contributed by atoms with Crippen molar-refractivity contribution in [1.82, 2.24) is 0 Å². The van der Waals surface area contributed by atoms with E-state index in [4.69, 9.17) is 5.11 Å². The Morgan fingerprint density at radius 3 is 1.48 bits per heavy atom. The molecule has 0 amide bonds. The van der Waals surface area contributed by atoms with Crippen molar-refractivity contribution in [2.24, 2.45) is 0 Å². The zero-order chi connectivity index (χ0) is 17.1. The zero-order valence-corrected chi connectivity index (χ0v) is 14.9. The molecule has 0 aliphatic heterocycles. The summed E-state index contributed by atoms with van der Waals surface area (Å²) in [7, 11) is -4.15. The number of aliphatic hydroxyl groups excluding tert-OH is 1. The molecular weight excluding hydrogens is 335 g/mol. The van der Waals surface area contributed by atoms with Gasteiger partial charge in [-0.25, -0.2) is 9.78 Å². The molecule has 0 heterocycles. The normalized spacial score (nSPS) is 10.6. The van der Waals surface area contributed by atoms with Gasteiger partial charge in [0.2, 0.25) is 0 Å². The summed E-state index contributed by atoms with van der Waals surface area (Å²) in [6, 6.07) is 0. The molecule has 9 heteroatoms. The Labute approximate surface area is 163 Å². The average molecular weight is 368 g/mol. The molecule has 0 aliphatic carbocycles. The molecule has 0 spiro atoms. The predicted octanol–water partition coefficient (Wildman–Crippen LogP) is 2.64. The van der Waals surface area contributed by atoms with E-state index in [-0.39, 0.29) is 42.8 Å². The Hall–Kier alpha value is 0.750. The summed E-state index contributed by atoms with van der Waals surface area (Å²) in [5.41, 5.74) is 0. The van der Waals surface area contributed by atoms with Gasteiger partial charge in [0.25, 0.3) is 0 Å². The van der Waals surface area contributed by atoms with Crippen molar-refractivity contribution in [3.05, 3.63) is 0 Å². The molecule has 7 nitrogen and oxygen atoms in total. The van der Waals surface area contributed by atoms with Crippen molar-refractivity contribution in [2.75, 3.05) is 19.8 Å². The van der Waals surface area contributed by atoms with Gasteiger partial charge in [-0.2, -0.15) is 8.42 Å². The molecule has 0 aromatic heterocycles. The Balaban J connectivity index is -0.000000333. The summed E-state index contributed by atoms with van der Waals surface area (Å²) in [4.78, 5) is 8.20. The van der Waals surface area contributed by atoms with Crippen LogP contribution in [0.25, 0.3) is 0 Å². The van der Waals surface area contributed by atoms with E-state index in [0.717, 1.165) is 6.42 Å². The van der Waals surface area contributed by atoms with Crippen LogP contribution < -0.4 is 0 Å². The van der Waals surface area contributed by atoms with E-state index in [0.29, 0.717) is 6.61 Å². The van der Waals surface area contributed by atoms with Crippen molar-refractivity contribution < 1.29 is 32.0 Å². The van der Waals surface area contributed by atoms with Crippen LogP contribution in [-0.4, -0.2) is 62.9 Å². The molecule has 0 saturated heterocycles. The fraction of sp³-hybridized carbons (Fsp3) is 1.00. The molecule has 1 N–H and O–H groups in total. The molecule has 23 heavy (non-hydrogen) atoms. The van der Waals surface area contributed by atoms with E-state index >= 15 is 0 Å². The molecule has 0 aromatic rings. The van der Waals surface area contributed by atoms with Crippen LogP contribution in [0.5, 0.6) is 0 Å². The van der Waals surface area contributed by atoms with Gasteiger partial charge in [-0.05, 0) is 20.3 Å². The van der Waals surface area contributed by atoms with Gasteiger partial charge in [0, 0.05) is 6.61 Å². The topological polar surface area (TPSA) is 91.3 Å². The van der Waals surface area contributed by atoms with Crippen molar-refractivity contribution in [3.63, 3.8) is 0 Å². The number of rotatable bonds is 14. The Morgan fingerprint density at radius 1 is 0.739 bits per heavy atom. The summed E-state index contributed by atoms with van der Waals surface area (Å²) in [5, 5.41) is 8.51. The van der Waals surface area contributed by atoms with Crippen LogP contribution in [0.15, 0.2) is 0 Å². The molecule has 0 rings (SSSR count). The number of aliphatic hydroxyl groups is 1. The minimum atomic E-state index is -4.15. The second kappa shape index (κ2) is 22.8. The third-order valence-electron chi connectivity index (χ3n) is 2.51. The molecule has 0 saturated carbocycles. The van der Waals surface area contributed by atoms with Gasteiger partial charge in [-0.15, -0.1) is 0 Å². The van der Waals surface area contributed by atoms with Crippen LogP contribution in [0.3, 0.4) is 0 Å². The molecular formula is C14H33NaO7S. The van der Waals surface area contributed by atoms with Crippen LogP contribution >= 0.6 is 0 Å². The quantitative estimate of drug-likeness (QED) is 0.218. The standard InChI is InChI=1S/C10H22O.C4H10O6S.Na.H/c1-2-3-4-5-6-7-8-9-10-11;1-3-7-9-11(5,6)10-8-4-2;;/h11H,2-10H2,1H3;3-4H2,1-2H3;;. The summed E-state index contributed by atoms with van der Waals surface area (Å²) in [5.74, 6) is 0. The van der Waals surface area contributed by atoms with Crippen molar-refractivity contribution in [2.45, 2.75) is 72.1 Å². The SMILES string of the molecule is CCCCCCCCCCO.CCOOS(=O)(=O)OOCC.[NaH]. The predicted molar refractivity (Wildman–Crippen MR) is 91.2 cm³/mol. The van der Waals surface area contributed by atoms with Gasteiger partial charge in [0.05, 0.1) is 13.2 Å². The van der Waals surface area contributed by atoms with E-state index in [9.17, 15) is 8.42 Å². The molecule has 0 fully saturated rings. The second-order valence-electron chi connectivity index (χ2n) is 4.56. The summed E-state index contributed by atoms with van der Waals surface area (Å²) in [6.07, 6.45) is 10.4. The number of hydrogen-bond donors (Lipinski definition) is 1. The van der Waals surface area contributed by atoms with Crippen LogP contribution in [0.4, 0.5) is 0 Å². The van der Waals surface area contributed by atoms with Crippen LogP contribution in [-0.2, 0) is 28.8 Å². The first-order valence-electron chi connectivity index (χ1n) is 8.01. The first kappa shape index (κ1) is 28.5. The Bertz CT molecular complexity index is 278. The number of unbranched alkanes of at least 4 members (excludes halogenated alkanes) is 7. The van der Waals surface area contributed by atoms with Gasteiger partial charge >= 0.3 is 40.0 Å². The van der Waals surface area contributed by atoms with Crippen LogP contribution in [0.2, 0.25) is 0 Å². The first-order valence-corrected chi connectivity index (χ1v) is 9.35. The zero-order valence-electron chi connectivity index (χ0n) is 14.1. The molecule has 0 aliphatic rings. The molecule has 0 bridgehead atoms. The van der Waals surface area contributed by atoms with E-state index in [2.05, 4.69) is 25.4 Å². The number of hydrogen-bond acceptors (Lipinski definition) is 7. The first-order chi connectivity index (χ1) is 10.5. The minimum absolute atomic E-state index is 0. The van der Waals surface area contributed by atoms with E-state index in [1.165, 1.54) is 44.9 Å². The fourth-order valence-electron chi connectivity index (χ4n) is 1.47. The van der Waals surface area contributed by atoms with Gasteiger partial charge < -0.3 is 5.11 Å². The fourth-order valence-corrected chi connectivity index (χ4v) is 1.92.